The molecular weight excluding hydrogens is 271 g/mol. The van der Waals surface area contributed by atoms with E-state index in [1.807, 2.05) is 0 Å². The number of nitrogens with one attached hydrogen (secondary N) is 1. The molecule has 0 bridgehead atoms. The minimum Gasteiger partial charge on any atom is -0.474 e. The lowest BCUT2D eigenvalue weighted by Gasteiger charge is -2.29. The Balaban J connectivity index is 2.22. The Labute approximate surface area is 115 Å². The van der Waals surface area contributed by atoms with Gasteiger partial charge in [-0.1, -0.05) is 13.3 Å². The number of ether oxygens (including phenoxy) is 1. The van der Waals surface area contributed by atoms with Gasteiger partial charge in [0.2, 0.25) is 11.7 Å². The summed E-state index contributed by atoms with van der Waals surface area (Å²) in [4.78, 5) is 6.89. The van der Waals surface area contributed by atoms with E-state index < -0.39 is 12.0 Å². The third kappa shape index (κ3) is 3.52. The quantitative estimate of drug-likeness (QED) is 0.925. The molecule has 112 valence electrons. The maximum absolute atomic E-state index is 12.7. The molecule has 1 heterocycles. The molecule has 0 aromatic carbocycles. The van der Waals surface area contributed by atoms with Crippen molar-refractivity contribution in [2.45, 2.75) is 44.9 Å². The molecule has 0 amide bonds. The van der Waals surface area contributed by atoms with Gasteiger partial charge in [-0.3, -0.25) is 0 Å². The molecule has 1 aromatic heterocycles. The van der Waals surface area contributed by atoms with Crippen LogP contribution in [-0.4, -0.2) is 23.1 Å². The van der Waals surface area contributed by atoms with E-state index in [1.54, 1.807) is 0 Å². The van der Waals surface area contributed by atoms with Gasteiger partial charge in [-0.25, -0.2) is 4.98 Å². The van der Waals surface area contributed by atoms with Crippen molar-refractivity contribution in [3.63, 3.8) is 0 Å². The molecule has 0 radical (unpaired) electrons. The topological polar surface area (TPSA) is 47.0 Å². The molecule has 20 heavy (non-hydrogen) atoms. The third-order valence-corrected chi connectivity index (χ3v) is 3.52. The van der Waals surface area contributed by atoms with Crippen molar-refractivity contribution in [2.75, 3.05) is 12.4 Å². The van der Waals surface area contributed by atoms with Gasteiger partial charge in [-0.2, -0.15) is 18.2 Å². The van der Waals surface area contributed by atoms with E-state index >= 15 is 0 Å². The summed E-state index contributed by atoms with van der Waals surface area (Å²) in [6.45, 7) is 2.05. The zero-order chi connectivity index (χ0) is 14.8. The predicted molar refractivity (Wildman–Crippen MR) is 68.6 cm³/mol. The van der Waals surface area contributed by atoms with Gasteiger partial charge >= 0.3 is 6.18 Å². The molecule has 1 aliphatic carbocycles. The predicted octanol–water partition coefficient (Wildman–Crippen LogP) is 3.49. The number of alkyl halides is 3. The van der Waals surface area contributed by atoms with Gasteiger partial charge in [-0.15, -0.1) is 0 Å². The second-order valence-electron chi connectivity index (χ2n) is 5.08. The number of nitrogens with zero attached hydrogens (tertiary/aromatic N) is 2. The Kier molecular flexibility index (Phi) is 4.35. The second-order valence-corrected chi connectivity index (χ2v) is 5.08. The summed E-state index contributed by atoms with van der Waals surface area (Å²) in [5, 5.41) is 2.60. The largest absolute Gasteiger partial charge is 0.474 e. The zero-order valence-corrected chi connectivity index (χ0v) is 11.5. The van der Waals surface area contributed by atoms with Crippen LogP contribution < -0.4 is 10.1 Å². The maximum Gasteiger partial charge on any atom is 0.451 e. The maximum atomic E-state index is 12.7. The fraction of sp³-hybridized carbons (Fsp3) is 0.692. The third-order valence-electron chi connectivity index (χ3n) is 3.52. The Morgan fingerprint density at radius 3 is 2.55 bits per heavy atom. The highest BCUT2D eigenvalue weighted by Crippen LogP contribution is 2.31. The van der Waals surface area contributed by atoms with Gasteiger partial charge in [0.1, 0.15) is 11.9 Å². The molecular formula is C13H18F3N3O. The molecule has 4 nitrogen and oxygen atoms in total. The average Bonchev–Trinajstić information content (AvgIpc) is 2.40. The molecule has 1 N–H and O–H groups in total. The Hall–Kier alpha value is -1.53. The van der Waals surface area contributed by atoms with Gasteiger partial charge in [-0.05, 0) is 25.2 Å². The van der Waals surface area contributed by atoms with Crippen molar-refractivity contribution >= 4 is 5.82 Å². The van der Waals surface area contributed by atoms with E-state index in [2.05, 4.69) is 22.2 Å². The molecule has 0 spiro atoms. The molecule has 0 saturated heterocycles. The van der Waals surface area contributed by atoms with Crippen LogP contribution in [0.15, 0.2) is 6.07 Å². The first-order valence-corrected chi connectivity index (χ1v) is 6.71. The van der Waals surface area contributed by atoms with Gasteiger partial charge < -0.3 is 10.1 Å². The molecule has 2 unspecified atom stereocenters. The van der Waals surface area contributed by atoms with E-state index in [4.69, 9.17) is 4.74 Å². The summed E-state index contributed by atoms with van der Waals surface area (Å²) in [6.07, 6.45) is -0.610. The van der Waals surface area contributed by atoms with Crippen LogP contribution in [0.5, 0.6) is 5.88 Å². The van der Waals surface area contributed by atoms with Crippen LogP contribution in [0.4, 0.5) is 19.0 Å². The first-order valence-electron chi connectivity index (χ1n) is 6.71. The van der Waals surface area contributed by atoms with E-state index in [9.17, 15) is 13.2 Å². The lowest BCUT2D eigenvalue weighted by molar-refractivity contribution is -0.145. The Morgan fingerprint density at radius 1 is 1.25 bits per heavy atom. The average molecular weight is 289 g/mol. The van der Waals surface area contributed by atoms with E-state index in [0.29, 0.717) is 5.92 Å². The van der Waals surface area contributed by atoms with Crippen LogP contribution in [0.2, 0.25) is 0 Å². The van der Waals surface area contributed by atoms with Crippen LogP contribution in [0.1, 0.15) is 38.4 Å². The number of hydrogen-bond acceptors (Lipinski definition) is 4. The highest BCUT2D eigenvalue weighted by atomic mass is 19.4. The number of anilines is 1. The molecule has 1 fully saturated rings. The molecule has 2 rings (SSSR count). The van der Waals surface area contributed by atoms with Crippen LogP contribution in [0.3, 0.4) is 0 Å². The van der Waals surface area contributed by atoms with Crippen molar-refractivity contribution in [3.05, 3.63) is 11.9 Å². The fourth-order valence-corrected chi connectivity index (χ4v) is 2.35. The van der Waals surface area contributed by atoms with Crippen molar-refractivity contribution in [1.29, 1.82) is 0 Å². The summed E-state index contributed by atoms with van der Waals surface area (Å²) < 4.78 is 43.8. The van der Waals surface area contributed by atoms with Crippen molar-refractivity contribution in [1.82, 2.24) is 9.97 Å². The van der Waals surface area contributed by atoms with Crippen molar-refractivity contribution in [3.8, 4) is 5.88 Å². The molecule has 1 saturated carbocycles. The standard InChI is InChI=1S/C13H18F3N3O/c1-8-5-3-4-6-9(8)20-11-7-10(17-2)18-12(19-11)13(14,15)16/h7-9H,3-6H2,1-2H3,(H,17,18,19). The van der Waals surface area contributed by atoms with Gasteiger partial charge in [0.15, 0.2) is 0 Å². The van der Waals surface area contributed by atoms with Gasteiger partial charge in [0.05, 0.1) is 0 Å². The first-order chi connectivity index (χ1) is 9.40. The molecule has 0 aliphatic heterocycles. The minimum atomic E-state index is -4.58. The van der Waals surface area contributed by atoms with E-state index in [0.717, 1.165) is 25.7 Å². The highest BCUT2D eigenvalue weighted by molar-refractivity contribution is 5.38. The molecule has 1 aromatic rings. The molecule has 2 atom stereocenters. The summed E-state index contributed by atoms with van der Waals surface area (Å²) in [5.41, 5.74) is 0. The smallest absolute Gasteiger partial charge is 0.451 e. The summed E-state index contributed by atoms with van der Waals surface area (Å²) in [7, 11) is 1.51. The summed E-state index contributed by atoms with van der Waals surface area (Å²) in [5.74, 6) is -0.768. The van der Waals surface area contributed by atoms with Crippen molar-refractivity contribution in [2.24, 2.45) is 5.92 Å². The van der Waals surface area contributed by atoms with Crippen LogP contribution >= 0.6 is 0 Å². The SMILES string of the molecule is CNc1cc(OC2CCCCC2C)nc(C(F)(F)F)n1. The number of aromatic nitrogens is 2. The second kappa shape index (κ2) is 5.85. The van der Waals surface area contributed by atoms with E-state index in [-0.39, 0.29) is 17.8 Å². The normalized spacial score (nSPS) is 23.4. The molecule has 1 aliphatic rings. The van der Waals surface area contributed by atoms with Crippen LogP contribution in [-0.2, 0) is 6.18 Å². The lowest BCUT2D eigenvalue weighted by Crippen LogP contribution is -2.29. The number of rotatable bonds is 3. The highest BCUT2D eigenvalue weighted by Gasteiger charge is 2.36. The van der Waals surface area contributed by atoms with Crippen LogP contribution in [0.25, 0.3) is 0 Å². The van der Waals surface area contributed by atoms with Crippen LogP contribution in [0, 0.1) is 5.92 Å². The number of halogens is 3. The van der Waals surface area contributed by atoms with Gasteiger partial charge in [0, 0.05) is 13.1 Å². The fourth-order valence-electron chi connectivity index (χ4n) is 2.35. The summed E-state index contributed by atoms with van der Waals surface area (Å²) in [6, 6.07) is 1.40. The molecule has 7 heteroatoms. The Bertz CT molecular complexity index is 465. The summed E-state index contributed by atoms with van der Waals surface area (Å²) >= 11 is 0. The van der Waals surface area contributed by atoms with Crippen molar-refractivity contribution < 1.29 is 17.9 Å². The minimum absolute atomic E-state index is 0.0181. The lowest BCUT2D eigenvalue weighted by atomic mass is 9.88. The first kappa shape index (κ1) is 14.9. The zero-order valence-electron chi connectivity index (χ0n) is 11.5. The monoisotopic (exact) mass is 289 g/mol. The Morgan fingerprint density at radius 2 is 1.95 bits per heavy atom. The van der Waals surface area contributed by atoms with Gasteiger partial charge in [0.25, 0.3) is 0 Å². The number of hydrogen-bond donors (Lipinski definition) is 1. The van der Waals surface area contributed by atoms with E-state index in [1.165, 1.54) is 13.1 Å².